The highest BCUT2D eigenvalue weighted by atomic mass is 16.2. The molecule has 1 aromatic rings. The van der Waals surface area contributed by atoms with Crippen LogP contribution < -0.4 is 5.32 Å². The van der Waals surface area contributed by atoms with Gasteiger partial charge in [-0.3, -0.25) is 4.79 Å². The van der Waals surface area contributed by atoms with Crippen LogP contribution in [0, 0.1) is 18.8 Å². The molecule has 2 heterocycles. The van der Waals surface area contributed by atoms with Crippen molar-refractivity contribution in [1.29, 1.82) is 0 Å². The van der Waals surface area contributed by atoms with Crippen LogP contribution in [0.15, 0.2) is 24.3 Å². The minimum atomic E-state index is -0.439. The lowest BCUT2D eigenvalue weighted by molar-refractivity contribution is -0.136. The fourth-order valence-electron chi connectivity index (χ4n) is 3.91. The molecule has 120 valence electrons. The molecule has 2 saturated heterocycles. The maximum Gasteiger partial charge on any atom is 0.232 e. The van der Waals surface area contributed by atoms with Crippen molar-refractivity contribution in [3.05, 3.63) is 35.4 Å². The smallest absolute Gasteiger partial charge is 0.232 e. The SMILES string of the molecule is Cc1ccc(C(C)(C)C(=O)N2CC[C@@H]3CNC[C@@H]3CC2)cc1. The molecule has 3 heteroatoms. The number of carbonyl (C=O) groups is 1. The zero-order valence-electron chi connectivity index (χ0n) is 14.1. The van der Waals surface area contributed by atoms with Crippen molar-refractivity contribution >= 4 is 5.91 Å². The summed E-state index contributed by atoms with van der Waals surface area (Å²) in [5, 5.41) is 3.49. The number of nitrogens with one attached hydrogen (secondary N) is 1. The first-order valence-electron chi connectivity index (χ1n) is 8.55. The molecule has 0 radical (unpaired) electrons. The topological polar surface area (TPSA) is 32.3 Å². The van der Waals surface area contributed by atoms with E-state index in [4.69, 9.17) is 0 Å². The summed E-state index contributed by atoms with van der Waals surface area (Å²) in [6.45, 7) is 10.3. The minimum Gasteiger partial charge on any atom is -0.342 e. The molecule has 3 rings (SSSR count). The Kier molecular flexibility index (Phi) is 4.26. The number of amides is 1. The second kappa shape index (κ2) is 6.04. The number of nitrogens with zero attached hydrogens (tertiary/aromatic N) is 1. The van der Waals surface area contributed by atoms with Gasteiger partial charge in [0, 0.05) is 13.1 Å². The monoisotopic (exact) mass is 300 g/mol. The summed E-state index contributed by atoms with van der Waals surface area (Å²) in [4.78, 5) is 15.2. The van der Waals surface area contributed by atoms with Gasteiger partial charge in [0.25, 0.3) is 0 Å². The van der Waals surface area contributed by atoms with Crippen molar-refractivity contribution in [2.24, 2.45) is 11.8 Å². The Morgan fingerprint density at radius 2 is 1.64 bits per heavy atom. The van der Waals surface area contributed by atoms with Gasteiger partial charge >= 0.3 is 0 Å². The fourth-order valence-corrected chi connectivity index (χ4v) is 3.91. The lowest BCUT2D eigenvalue weighted by Crippen LogP contribution is -2.44. The first-order chi connectivity index (χ1) is 10.5. The maximum atomic E-state index is 13.1. The van der Waals surface area contributed by atoms with E-state index in [1.807, 2.05) is 0 Å². The average Bonchev–Trinajstić information content (AvgIpc) is 2.86. The van der Waals surface area contributed by atoms with Crippen LogP contribution >= 0.6 is 0 Å². The number of hydrogen-bond acceptors (Lipinski definition) is 2. The molecule has 2 atom stereocenters. The molecule has 3 nitrogen and oxygen atoms in total. The van der Waals surface area contributed by atoms with Gasteiger partial charge in [-0.2, -0.15) is 0 Å². The number of likely N-dealkylation sites (tertiary alicyclic amines) is 1. The highest BCUT2D eigenvalue weighted by Crippen LogP contribution is 2.31. The summed E-state index contributed by atoms with van der Waals surface area (Å²) in [7, 11) is 0. The Labute approximate surface area is 134 Å². The van der Waals surface area contributed by atoms with Gasteiger partial charge in [0.2, 0.25) is 5.91 Å². The van der Waals surface area contributed by atoms with Crippen LogP contribution in [-0.2, 0) is 10.2 Å². The van der Waals surface area contributed by atoms with Gasteiger partial charge in [-0.25, -0.2) is 0 Å². The van der Waals surface area contributed by atoms with Crippen molar-refractivity contribution in [3.8, 4) is 0 Å². The lowest BCUT2D eigenvalue weighted by Gasteiger charge is -2.32. The molecule has 0 aromatic heterocycles. The third-order valence-electron chi connectivity index (χ3n) is 5.61. The molecule has 2 aliphatic rings. The van der Waals surface area contributed by atoms with E-state index in [0.29, 0.717) is 0 Å². The molecule has 0 bridgehead atoms. The molecule has 1 aromatic carbocycles. The minimum absolute atomic E-state index is 0.282. The Morgan fingerprint density at radius 1 is 1.09 bits per heavy atom. The average molecular weight is 300 g/mol. The van der Waals surface area contributed by atoms with Crippen LogP contribution in [0.4, 0.5) is 0 Å². The normalized spacial score (nSPS) is 25.7. The number of benzene rings is 1. The molecule has 1 N–H and O–H groups in total. The van der Waals surface area contributed by atoms with Gasteiger partial charge in [-0.05, 0) is 64.1 Å². The van der Waals surface area contributed by atoms with Crippen LogP contribution in [-0.4, -0.2) is 37.0 Å². The molecule has 0 unspecified atom stereocenters. The Morgan fingerprint density at radius 3 is 2.18 bits per heavy atom. The number of rotatable bonds is 2. The molecule has 1 amide bonds. The molecule has 22 heavy (non-hydrogen) atoms. The van der Waals surface area contributed by atoms with Crippen molar-refractivity contribution in [2.75, 3.05) is 26.2 Å². The predicted molar refractivity (Wildman–Crippen MR) is 89.9 cm³/mol. The summed E-state index contributed by atoms with van der Waals surface area (Å²) in [6.07, 6.45) is 2.29. The second-order valence-electron chi connectivity index (χ2n) is 7.54. The zero-order chi connectivity index (χ0) is 15.7. The number of aryl methyl sites for hydroxylation is 1. The Hall–Kier alpha value is -1.35. The fraction of sp³-hybridized carbons (Fsp3) is 0.632. The van der Waals surface area contributed by atoms with Crippen molar-refractivity contribution in [1.82, 2.24) is 10.2 Å². The summed E-state index contributed by atoms with van der Waals surface area (Å²) in [6, 6.07) is 8.40. The standard InChI is InChI=1S/C19H28N2O/c1-14-4-6-17(7-5-14)19(2,3)18(22)21-10-8-15-12-20-13-16(15)9-11-21/h4-7,15-16,20H,8-13H2,1-3H3/t15-,16+. The van der Waals surface area contributed by atoms with E-state index in [9.17, 15) is 4.79 Å². The quantitative estimate of drug-likeness (QED) is 0.911. The first-order valence-corrected chi connectivity index (χ1v) is 8.55. The highest BCUT2D eigenvalue weighted by molar-refractivity contribution is 5.87. The van der Waals surface area contributed by atoms with Gasteiger partial charge in [-0.1, -0.05) is 29.8 Å². The van der Waals surface area contributed by atoms with Gasteiger partial charge in [0.15, 0.2) is 0 Å². The second-order valence-corrected chi connectivity index (χ2v) is 7.54. The van der Waals surface area contributed by atoms with Crippen LogP contribution in [0.3, 0.4) is 0 Å². The molecule has 0 spiro atoms. The Balaban J connectivity index is 1.73. The van der Waals surface area contributed by atoms with E-state index in [-0.39, 0.29) is 5.91 Å². The van der Waals surface area contributed by atoms with Gasteiger partial charge in [-0.15, -0.1) is 0 Å². The van der Waals surface area contributed by atoms with Crippen LogP contribution in [0.5, 0.6) is 0 Å². The molecule has 2 fully saturated rings. The first kappa shape index (κ1) is 15.5. The van der Waals surface area contributed by atoms with Gasteiger partial charge in [0.05, 0.1) is 5.41 Å². The molecule has 0 aliphatic carbocycles. The van der Waals surface area contributed by atoms with E-state index in [2.05, 4.69) is 55.3 Å². The van der Waals surface area contributed by atoms with Crippen LogP contribution in [0.1, 0.15) is 37.8 Å². The van der Waals surface area contributed by atoms with E-state index < -0.39 is 5.41 Å². The zero-order valence-corrected chi connectivity index (χ0v) is 14.1. The van der Waals surface area contributed by atoms with E-state index in [1.54, 1.807) is 0 Å². The largest absolute Gasteiger partial charge is 0.342 e. The third kappa shape index (κ3) is 2.91. The molecular formula is C19H28N2O. The summed E-state index contributed by atoms with van der Waals surface area (Å²) in [5.74, 6) is 1.81. The van der Waals surface area contributed by atoms with Crippen molar-refractivity contribution in [2.45, 2.75) is 39.0 Å². The number of carbonyl (C=O) groups excluding carboxylic acids is 1. The summed E-state index contributed by atoms with van der Waals surface area (Å²) >= 11 is 0. The van der Waals surface area contributed by atoms with Gasteiger partial charge in [0.1, 0.15) is 0 Å². The maximum absolute atomic E-state index is 13.1. The molecular weight excluding hydrogens is 272 g/mol. The van der Waals surface area contributed by atoms with E-state index in [0.717, 1.165) is 56.4 Å². The predicted octanol–water partition coefficient (Wildman–Crippen LogP) is 2.73. The number of hydrogen-bond donors (Lipinski definition) is 1. The third-order valence-corrected chi connectivity index (χ3v) is 5.61. The number of fused-ring (bicyclic) bond motifs is 1. The van der Waals surface area contributed by atoms with Crippen molar-refractivity contribution in [3.63, 3.8) is 0 Å². The van der Waals surface area contributed by atoms with Crippen LogP contribution in [0.2, 0.25) is 0 Å². The van der Waals surface area contributed by atoms with E-state index in [1.165, 1.54) is 5.56 Å². The summed E-state index contributed by atoms with van der Waals surface area (Å²) in [5.41, 5.74) is 1.92. The lowest BCUT2D eigenvalue weighted by atomic mass is 9.82. The summed E-state index contributed by atoms with van der Waals surface area (Å²) < 4.78 is 0. The Bertz CT molecular complexity index is 521. The van der Waals surface area contributed by atoms with Gasteiger partial charge < -0.3 is 10.2 Å². The highest BCUT2D eigenvalue weighted by Gasteiger charge is 2.37. The van der Waals surface area contributed by atoms with Crippen molar-refractivity contribution < 1.29 is 4.79 Å². The molecule has 0 saturated carbocycles. The van der Waals surface area contributed by atoms with E-state index >= 15 is 0 Å². The molecule has 2 aliphatic heterocycles. The van der Waals surface area contributed by atoms with Crippen LogP contribution in [0.25, 0.3) is 0 Å².